The van der Waals surface area contributed by atoms with Crippen LogP contribution in [0.1, 0.15) is 49.0 Å². The van der Waals surface area contributed by atoms with Crippen molar-refractivity contribution in [3.8, 4) is 11.3 Å². The summed E-state index contributed by atoms with van der Waals surface area (Å²) in [4.78, 5) is 15.6. The molecule has 2 aromatic heterocycles. The van der Waals surface area contributed by atoms with Crippen molar-refractivity contribution < 1.29 is 26.1 Å². The summed E-state index contributed by atoms with van der Waals surface area (Å²) in [5, 5.41) is 4.73. The number of benzene rings is 2. The fraction of sp³-hybridized carbons (Fsp3) is 0.467. The van der Waals surface area contributed by atoms with Crippen LogP contribution in [0.25, 0.3) is 22.3 Å². The summed E-state index contributed by atoms with van der Waals surface area (Å²) in [6.07, 6.45) is -1.66. The number of aryl methyl sites for hydroxylation is 2. The van der Waals surface area contributed by atoms with E-state index in [0.29, 0.717) is 36.3 Å². The summed E-state index contributed by atoms with van der Waals surface area (Å²) in [6.45, 7) is 5.64. The molecule has 0 bridgehead atoms. The van der Waals surface area contributed by atoms with Crippen molar-refractivity contribution in [2.45, 2.75) is 64.5 Å². The van der Waals surface area contributed by atoms with Crippen molar-refractivity contribution in [1.82, 2.24) is 28.1 Å². The lowest BCUT2D eigenvalue weighted by atomic mass is 10.0. The topological polar surface area (TPSA) is 106 Å². The van der Waals surface area contributed by atoms with Crippen LogP contribution in [0.5, 0.6) is 0 Å². The number of nitrogens with zero attached hydrogens (tertiary/aromatic N) is 6. The summed E-state index contributed by atoms with van der Waals surface area (Å²) in [7, 11) is -4.44. The van der Waals surface area contributed by atoms with Crippen LogP contribution in [0.4, 0.5) is 13.2 Å². The van der Waals surface area contributed by atoms with E-state index in [1.54, 1.807) is 0 Å². The summed E-state index contributed by atoms with van der Waals surface area (Å²) in [5.74, 6) is 0. The second-order valence-electron chi connectivity index (χ2n) is 11.4. The van der Waals surface area contributed by atoms with Crippen molar-refractivity contribution in [1.29, 1.82) is 0 Å². The SMILES string of the molecule is CCn1c(=O)n(C2CCN(CCCn3nc(-c4ccc(C(F)(F)F)cc4)c4c3CCN(S(=O)(=O)O)C4)CC2)c2ccccc21. The first kappa shape index (κ1) is 30.6. The number of aromatic nitrogens is 4. The maximum atomic E-state index is 13.2. The molecule has 0 radical (unpaired) electrons. The molecule has 44 heavy (non-hydrogen) atoms. The molecule has 1 N–H and O–H groups in total. The lowest BCUT2D eigenvalue weighted by molar-refractivity contribution is -0.137. The number of rotatable bonds is 8. The van der Waals surface area contributed by atoms with Crippen molar-refractivity contribution in [2.75, 3.05) is 26.2 Å². The first-order valence-corrected chi connectivity index (χ1v) is 16.3. The van der Waals surface area contributed by atoms with E-state index in [0.717, 1.165) is 72.1 Å². The van der Waals surface area contributed by atoms with Crippen LogP contribution in [0.2, 0.25) is 0 Å². The van der Waals surface area contributed by atoms with E-state index in [2.05, 4.69) is 4.90 Å². The average molecular weight is 633 g/mol. The van der Waals surface area contributed by atoms with E-state index in [4.69, 9.17) is 5.10 Å². The third-order valence-electron chi connectivity index (χ3n) is 8.86. The minimum atomic E-state index is -4.47. The molecular formula is C30H35F3N6O4S. The Kier molecular flexibility index (Phi) is 8.20. The van der Waals surface area contributed by atoms with E-state index in [-0.39, 0.29) is 24.8 Å². The highest BCUT2D eigenvalue weighted by Crippen LogP contribution is 2.34. The first-order valence-electron chi connectivity index (χ1n) is 14.9. The van der Waals surface area contributed by atoms with Crippen molar-refractivity contribution >= 4 is 21.3 Å². The molecule has 2 aliphatic heterocycles. The predicted octanol–water partition coefficient (Wildman–Crippen LogP) is 4.59. The third kappa shape index (κ3) is 5.83. The zero-order chi connectivity index (χ0) is 31.2. The molecule has 2 aliphatic rings. The number of imidazole rings is 1. The third-order valence-corrected chi connectivity index (χ3v) is 9.83. The van der Waals surface area contributed by atoms with Crippen molar-refractivity contribution in [2.24, 2.45) is 0 Å². The second-order valence-corrected chi connectivity index (χ2v) is 12.9. The van der Waals surface area contributed by atoms with Crippen LogP contribution < -0.4 is 5.69 Å². The van der Waals surface area contributed by atoms with Gasteiger partial charge in [-0.3, -0.25) is 18.4 Å². The quantitative estimate of drug-likeness (QED) is 0.285. The standard InChI is InChI=1S/C30H35F3N6O4S/c1-2-37-26-6-3-4-7-27(26)39(29(37)40)23-12-17-35(18-13-23)15-5-16-38-25-14-19-36(44(41,42)43)20-24(25)28(34-38)21-8-10-22(11-9-21)30(31,32)33/h3-4,6-11,23H,2,5,12-20H2,1H3,(H,41,42,43). The zero-order valence-electron chi connectivity index (χ0n) is 24.4. The largest absolute Gasteiger partial charge is 0.416 e. The number of hydrogen-bond acceptors (Lipinski definition) is 5. The Morgan fingerprint density at radius 2 is 1.66 bits per heavy atom. The van der Waals surface area contributed by atoms with Gasteiger partial charge in [-0.1, -0.05) is 24.3 Å². The molecule has 0 aliphatic carbocycles. The minimum absolute atomic E-state index is 0.0343. The minimum Gasteiger partial charge on any atom is -0.303 e. The first-order chi connectivity index (χ1) is 21.0. The van der Waals surface area contributed by atoms with Gasteiger partial charge in [-0.15, -0.1) is 0 Å². The lowest BCUT2D eigenvalue weighted by Crippen LogP contribution is -2.38. The highest BCUT2D eigenvalue weighted by molar-refractivity contribution is 7.83. The summed E-state index contributed by atoms with van der Waals surface area (Å²) >= 11 is 0. The van der Waals surface area contributed by atoms with Gasteiger partial charge >= 0.3 is 22.2 Å². The summed E-state index contributed by atoms with van der Waals surface area (Å²) < 4.78 is 79.3. The highest BCUT2D eigenvalue weighted by Gasteiger charge is 2.33. The smallest absolute Gasteiger partial charge is 0.303 e. The predicted molar refractivity (Wildman–Crippen MR) is 160 cm³/mol. The molecule has 2 aromatic carbocycles. The maximum absolute atomic E-state index is 13.2. The van der Waals surface area contributed by atoms with Gasteiger partial charge in [0.2, 0.25) is 0 Å². The highest BCUT2D eigenvalue weighted by atomic mass is 32.2. The fourth-order valence-corrected chi connectivity index (χ4v) is 7.25. The molecule has 236 valence electrons. The molecule has 0 atom stereocenters. The molecule has 0 saturated carbocycles. The van der Waals surface area contributed by atoms with Gasteiger partial charge in [0.1, 0.15) is 0 Å². The Morgan fingerprint density at radius 3 is 2.30 bits per heavy atom. The van der Waals surface area contributed by atoms with E-state index in [1.807, 2.05) is 45.0 Å². The van der Waals surface area contributed by atoms with Gasteiger partial charge in [0, 0.05) is 68.6 Å². The van der Waals surface area contributed by atoms with Gasteiger partial charge < -0.3 is 4.90 Å². The summed E-state index contributed by atoms with van der Waals surface area (Å²) in [5.41, 5.74) is 3.46. The Hall–Kier alpha value is -3.46. The molecule has 10 nitrogen and oxygen atoms in total. The molecule has 0 spiro atoms. The van der Waals surface area contributed by atoms with Gasteiger partial charge in [0.15, 0.2) is 0 Å². The van der Waals surface area contributed by atoms with Gasteiger partial charge in [-0.25, -0.2) is 4.79 Å². The number of halogens is 3. The normalized spacial score (nSPS) is 17.4. The monoisotopic (exact) mass is 632 g/mol. The molecule has 1 saturated heterocycles. The Labute approximate surface area is 253 Å². The maximum Gasteiger partial charge on any atom is 0.416 e. The van der Waals surface area contributed by atoms with Crippen LogP contribution in [-0.4, -0.2) is 67.3 Å². The number of fused-ring (bicyclic) bond motifs is 2. The number of alkyl halides is 3. The van der Waals surface area contributed by atoms with Gasteiger partial charge in [0.05, 0.1) is 22.3 Å². The van der Waals surface area contributed by atoms with Crippen LogP contribution >= 0.6 is 0 Å². The lowest BCUT2D eigenvalue weighted by Gasteiger charge is -2.32. The average Bonchev–Trinajstić information content (AvgIpc) is 3.50. The number of hydrogen-bond donors (Lipinski definition) is 1. The van der Waals surface area contributed by atoms with Crippen LogP contribution in [-0.2, 0) is 42.5 Å². The van der Waals surface area contributed by atoms with Crippen molar-refractivity contribution in [3.05, 3.63) is 75.8 Å². The Bertz CT molecular complexity index is 1820. The summed E-state index contributed by atoms with van der Waals surface area (Å²) in [6, 6.07) is 12.7. The molecule has 0 unspecified atom stereocenters. The van der Waals surface area contributed by atoms with Crippen LogP contribution in [0.3, 0.4) is 0 Å². The van der Waals surface area contributed by atoms with Gasteiger partial charge in [0.25, 0.3) is 0 Å². The van der Waals surface area contributed by atoms with E-state index in [1.165, 1.54) is 12.1 Å². The number of piperidine rings is 1. The van der Waals surface area contributed by atoms with Gasteiger partial charge in [-0.2, -0.15) is 31.0 Å². The molecule has 6 rings (SSSR count). The molecule has 14 heteroatoms. The van der Waals surface area contributed by atoms with Crippen LogP contribution in [0.15, 0.2) is 53.3 Å². The van der Waals surface area contributed by atoms with E-state index < -0.39 is 22.0 Å². The fourth-order valence-electron chi connectivity index (χ4n) is 6.63. The number of likely N-dealkylation sites (tertiary alicyclic amines) is 1. The molecule has 0 amide bonds. The zero-order valence-corrected chi connectivity index (χ0v) is 25.2. The Morgan fingerprint density at radius 1 is 0.977 bits per heavy atom. The van der Waals surface area contributed by atoms with Gasteiger partial charge in [-0.05, 0) is 57.0 Å². The molecular weight excluding hydrogens is 597 g/mol. The molecule has 1 fully saturated rings. The number of para-hydroxylation sites is 2. The molecule has 4 aromatic rings. The van der Waals surface area contributed by atoms with Crippen LogP contribution in [0, 0.1) is 0 Å². The Balaban J connectivity index is 1.15. The van der Waals surface area contributed by atoms with Crippen molar-refractivity contribution in [3.63, 3.8) is 0 Å². The van der Waals surface area contributed by atoms with E-state index in [9.17, 15) is 30.9 Å². The van der Waals surface area contributed by atoms with E-state index >= 15 is 0 Å². The molecule has 4 heterocycles. The second kappa shape index (κ2) is 11.8.